The molecule has 58 valence electrons. The quantitative estimate of drug-likeness (QED) is 0.510. The minimum absolute atomic E-state index is 0.913. The van der Waals surface area contributed by atoms with Gasteiger partial charge in [0.1, 0.15) is 0 Å². The lowest BCUT2D eigenvalue weighted by molar-refractivity contribution is 0.282. The van der Waals surface area contributed by atoms with E-state index in [9.17, 15) is 0 Å². The van der Waals surface area contributed by atoms with Gasteiger partial charge in [-0.25, -0.2) is 0 Å². The van der Waals surface area contributed by atoms with Crippen LogP contribution in [0.5, 0.6) is 0 Å². The second kappa shape index (κ2) is 1.95. The van der Waals surface area contributed by atoms with Crippen LogP contribution in [-0.2, 0) is 0 Å². The normalized spacial score (nSPS) is 46.2. The highest BCUT2D eigenvalue weighted by atomic mass is 15.2. The lowest BCUT2D eigenvalue weighted by atomic mass is 10.4. The van der Waals surface area contributed by atoms with E-state index in [0.29, 0.717) is 0 Å². The molecule has 2 fully saturated rings. The van der Waals surface area contributed by atoms with Gasteiger partial charge in [0.25, 0.3) is 0 Å². The van der Waals surface area contributed by atoms with Gasteiger partial charge >= 0.3 is 0 Å². The van der Waals surface area contributed by atoms with E-state index in [1.54, 1.807) is 0 Å². The number of fused-ring (bicyclic) bond motifs is 1. The van der Waals surface area contributed by atoms with Crippen LogP contribution < -0.4 is 0 Å². The van der Waals surface area contributed by atoms with Gasteiger partial charge in [0.2, 0.25) is 0 Å². The number of nitrogens with zero attached hydrogens (tertiary/aromatic N) is 2. The van der Waals surface area contributed by atoms with Crippen molar-refractivity contribution in [1.29, 1.82) is 0 Å². The molecule has 1 saturated heterocycles. The maximum atomic E-state index is 2.44. The third-order valence-electron chi connectivity index (χ3n) is 2.93. The van der Waals surface area contributed by atoms with Gasteiger partial charge in [-0.05, 0) is 33.0 Å². The van der Waals surface area contributed by atoms with Crippen LogP contribution in [0.4, 0.5) is 0 Å². The smallest absolute Gasteiger partial charge is 0.0177 e. The zero-order chi connectivity index (χ0) is 7.30. The molecule has 1 aliphatic carbocycles. The minimum atomic E-state index is 0.913. The SMILES string of the molecule is CN1CC2C(C1)C2N(C)C. The Balaban J connectivity index is 1.92. The Labute approximate surface area is 62.8 Å². The summed E-state index contributed by atoms with van der Waals surface area (Å²) in [6.07, 6.45) is 0. The summed E-state index contributed by atoms with van der Waals surface area (Å²) in [6.45, 7) is 2.65. The lowest BCUT2D eigenvalue weighted by Gasteiger charge is -2.17. The molecule has 2 atom stereocenters. The van der Waals surface area contributed by atoms with E-state index in [0.717, 1.165) is 17.9 Å². The fourth-order valence-corrected chi connectivity index (χ4v) is 2.47. The third kappa shape index (κ3) is 0.789. The van der Waals surface area contributed by atoms with Gasteiger partial charge in [0.05, 0.1) is 0 Å². The predicted molar refractivity (Wildman–Crippen MR) is 42.0 cm³/mol. The highest BCUT2D eigenvalue weighted by Crippen LogP contribution is 2.47. The van der Waals surface area contributed by atoms with Crippen molar-refractivity contribution >= 4 is 0 Å². The average Bonchev–Trinajstić information content (AvgIpc) is 2.32. The molecule has 0 spiro atoms. The highest BCUT2D eigenvalue weighted by Gasteiger charge is 2.55. The molecule has 1 heterocycles. The Bertz CT molecular complexity index is 132. The maximum Gasteiger partial charge on any atom is 0.0177 e. The largest absolute Gasteiger partial charge is 0.306 e. The molecule has 0 bridgehead atoms. The first-order valence-electron chi connectivity index (χ1n) is 4.05. The summed E-state index contributed by atoms with van der Waals surface area (Å²) in [5, 5.41) is 0. The Morgan fingerprint density at radius 3 is 2.10 bits per heavy atom. The second-order valence-electron chi connectivity index (χ2n) is 4.00. The Morgan fingerprint density at radius 2 is 1.70 bits per heavy atom. The second-order valence-corrected chi connectivity index (χ2v) is 4.00. The predicted octanol–water partition coefficient (Wildman–Crippen LogP) is 0.108. The van der Waals surface area contributed by atoms with Crippen LogP contribution in [-0.4, -0.2) is 50.1 Å². The Morgan fingerprint density at radius 1 is 1.20 bits per heavy atom. The van der Waals surface area contributed by atoms with Crippen molar-refractivity contribution in [3.63, 3.8) is 0 Å². The Kier molecular flexibility index (Phi) is 1.29. The molecule has 0 N–H and O–H groups in total. The van der Waals surface area contributed by atoms with E-state index in [4.69, 9.17) is 0 Å². The zero-order valence-electron chi connectivity index (χ0n) is 7.04. The van der Waals surface area contributed by atoms with Gasteiger partial charge in [0, 0.05) is 19.1 Å². The fourth-order valence-electron chi connectivity index (χ4n) is 2.47. The standard InChI is InChI=1S/C8H16N2/c1-9(2)8-6-4-10(3)5-7(6)8/h6-8H,4-5H2,1-3H3. The first kappa shape index (κ1) is 6.62. The Hall–Kier alpha value is -0.0800. The van der Waals surface area contributed by atoms with Crippen molar-refractivity contribution in [3.8, 4) is 0 Å². The molecule has 0 aromatic carbocycles. The summed E-state index contributed by atoms with van der Waals surface area (Å²) >= 11 is 0. The summed E-state index contributed by atoms with van der Waals surface area (Å²) in [4.78, 5) is 4.82. The molecule has 10 heavy (non-hydrogen) atoms. The molecule has 2 unspecified atom stereocenters. The highest BCUT2D eigenvalue weighted by molar-refractivity contribution is 5.09. The van der Waals surface area contributed by atoms with E-state index >= 15 is 0 Å². The van der Waals surface area contributed by atoms with Crippen molar-refractivity contribution in [3.05, 3.63) is 0 Å². The number of likely N-dealkylation sites (tertiary alicyclic amines) is 1. The molecule has 2 nitrogen and oxygen atoms in total. The summed E-state index contributed by atoms with van der Waals surface area (Å²) in [5.74, 6) is 2.00. The maximum absolute atomic E-state index is 2.44. The first-order chi connectivity index (χ1) is 4.70. The van der Waals surface area contributed by atoms with E-state index < -0.39 is 0 Å². The monoisotopic (exact) mass is 140 g/mol. The molecule has 1 aliphatic heterocycles. The van der Waals surface area contributed by atoms with Crippen molar-refractivity contribution in [2.24, 2.45) is 11.8 Å². The van der Waals surface area contributed by atoms with Crippen molar-refractivity contribution in [2.75, 3.05) is 34.2 Å². The van der Waals surface area contributed by atoms with E-state index in [2.05, 4.69) is 30.9 Å². The molecule has 1 saturated carbocycles. The van der Waals surface area contributed by atoms with Gasteiger partial charge < -0.3 is 9.80 Å². The van der Waals surface area contributed by atoms with Gasteiger partial charge in [0.15, 0.2) is 0 Å². The van der Waals surface area contributed by atoms with Gasteiger partial charge in [-0.2, -0.15) is 0 Å². The van der Waals surface area contributed by atoms with E-state index in [-0.39, 0.29) is 0 Å². The topological polar surface area (TPSA) is 6.48 Å². The van der Waals surface area contributed by atoms with Gasteiger partial charge in [-0.15, -0.1) is 0 Å². The number of rotatable bonds is 1. The number of hydrogen-bond donors (Lipinski definition) is 0. The molecular weight excluding hydrogens is 124 g/mol. The first-order valence-corrected chi connectivity index (χ1v) is 4.05. The van der Waals surface area contributed by atoms with Crippen LogP contribution in [0.25, 0.3) is 0 Å². The summed E-state index contributed by atoms with van der Waals surface area (Å²) in [7, 11) is 6.62. The molecule has 0 aromatic heterocycles. The molecular formula is C8H16N2. The van der Waals surface area contributed by atoms with Crippen molar-refractivity contribution in [2.45, 2.75) is 6.04 Å². The fraction of sp³-hybridized carbons (Fsp3) is 1.00. The molecule has 2 heteroatoms. The van der Waals surface area contributed by atoms with Crippen molar-refractivity contribution in [1.82, 2.24) is 9.80 Å². The van der Waals surface area contributed by atoms with Crippen molar-refractivity contribution < 1.29 is 0 Å². The third-order valence-corrected chi connectivity index (χ3v) is 2.93. The minimum Gasteiger partial charge on any atom is -0.306 e. The number of piperidine rings is 1. The average molecular weight is 140 g/mol. The summed E-state index contributed by atoms with van der Waals surface area (Å²) < 4.78 is 0. The number of hydrogen-bond acceptors (Lipinski definition) is 2. The summed E-state index contributed by atoms with van der Waals surface area (Å²) in [6, 6.07) is 0.913. The van der Waals surface area contributed by atoms with Crippen LogP contribution in [0.1, 0.15) is 0 Å². The molecule has 2 rings (SSSR count). The molecule has 0 radical (unpaired) electrons. The van der Waals surface area contributed by atoms with E-state index in [1.165, 1.54) is 13.1 Å². The zero-order valence-corrected chi connectivity index (χ0v) is 7.04. The van der Waals surface area contributed by atoms with Crippen LogP contribution in [0, 0.1) is 11.8 Å². The van der Waals surface area contributed by atoms with E-state index in [1.807, 2.05) is 0 Å². The van der Waals surface area contributed by atoms with Gasteiger partial charge in [-0.1, -0.05) is 0 Å². The molecule has 2 aliphatic rings. The van der Waals surface area contributed by atoms with Gasteiger partial charge in [-0.3, -0.25) is 0 Å². The molecule has 0 aromatic rings. The van der Waals surface area contributed by atoms with Crippen LogP contribution in [0.2, 0.25) is 0 Å². The lowest BCUT2D eigenvalue weighted by Crippen LogP contribution is -2.27. The van der Waals surface area contributed by atoms with Crippen LogP contribution >= 0.6 is 0 Å². The molecule has 0 amide bonds. The van der Waals surface area contributed by atoms with Crippen LogP contribution in [0.15, 0.2) is 0 Å². The summed E-state index contributed by atoms with van der Waals surface area (Å²) in [5.41, 5.74) is 0. The van der Waals surface area contributed by atoms with Crippen LogP contribution in [0.3, 0.4) is 0 Å².